The van der Waals surface area contributed by atoms with E-state index in [1.54, 1.807) is 0 Å². The molecule has 0 radical (unpaired) electrons. The number of halogens is 9. The summed E-state index contributed by atoms with van der Waals surface area (Å²) in [4.78, 5) is 24.6. The van der Waals surface area contributed by atoms with Crippen LogP contribution in [0.4, 0.5) is 39.5 Å². The predicted octanol–water partition coefficient (Wildman–Crippen LogP) is 4.55. The van der Waals surface area contributed by atoms with E-state index in [1.807, 2.05) is 0 Å². The molecule has 180 valence electrons. The number of alkyl halides is 8. The summed E-state index contributed by atoms with van der Waals surface area (Å²) in [6.45, 7) is 0. The summed E-state index contributed by atoms with van der Waals surface area (Å²) in [7, 11) is 0.609. The van der Waals surface area contributed by atoms with Gasteiger partial charge >= 0.3 is 18.3 Å². The molecule has 1 fully saturated rings. The summed E-state index contributed by atoms with van der Waals surface area (Å²) in [5, 5.41) is 5.14. The molecule has 0 bridgehead atoms. The van der Waals surface area contributed by atoms with Gasteiger partial charge in [-0.2, -0.15) is 40.2 Å². The van der Waals surface area contributed by atoms with E-state index in [2.05, 4.69) is 10.4 Å². The van der Waals surface area contributed by atoms with Crippen molar-refractivity contribution in [2.75, 3.05) is 0 Å². The molecule has 5 nitrogen and oxygen atoms in total. The number of amides is 1. The number of benzene rings is 1. The Morgan fingerprint density at radius 2 is 1.70 bits per heavy atom. The molecule has 0 atom stereocenters. The van der Waals surface area contributed by atoms with Gasteiger partial charge in [0.05, 0.1) is 5.56 Å². The average Bonchev–Trinajstić information content (AvgIpc) is 3.39. The Balaban J connectivity index is 2.00. The third-order valence-corrected chi connectivity index (χ3v) is 4.80. The van der Waals surface area contributed by atoms with E-state index in [0.717, 1.165) is 18.2 Å². The first kappa shape index (κ1) is 24.6. The van der Waals surface area contributed by atoms with Crippen LogP contribution in [0.25, 0.3) is 0 Å². The van der Waals surface area contributed by atoms with Crippen molar-refractivity contribution in [3.63, 3.8) is 0 Å². The van der Waals surface area contributed by atoms with Crippen LogP contribution in [0.3, 0.4) is 0 Å². The number of carbonyl (C=O) groups excluding carboxylic acids is 2. The van der Waals surface area contributed by atoms with Gasteiger partial charge in [0.25, 0.3) is 5.91 Å². The van der Waals surface area contributed by atoms with Crippen LogP contribution in [0.2, 0.25) is 0 Å². The highest BCUT2D eigenvalue weighted by Crippen LogP contribution is 2.48. The number of rotatable bonds is 6. The maximum Gasteiger partial charge on any atom is 0.459 e. The fraction of sp³-hybridized carbons (Fsp3) is 0.421. The molecule has 1 aromatic carbocycles. The lowest BCUT2D eigenvalue weighted by molar-refractivity contribution is -0.292. The van der Waals surface area contributed by atoms with Crippen LogP contribution in [-0.2, 0) is 25.6 Å². The zero-order chi connectivity index (χ0) is 24.9. The molecule has 0 unspecified atom stereocenters. The summed E-state index contributed by atoms with van der Waals surface area (Å²) in [6.07, 6.45) is -11.8. The third-order valence-electron chi connectivity index (χ3n) is 4.80. The first-order chi connectivity index (χ1) is 15.0. The van der Waals surface area contributed by atoms with Crippen molar-refractivity contribution in [1.82, 2.24) is 15.1 Å². The number of ketones is 1. The van der Waals surface area contributed by atoms with E-state index < -0.39 is 64.7 Å². The van der Waals surface area contributed by atoms with Crippen LogP contribution < -0.4 is 5.32 Å². The second kappa shape index (κ2) is 8.06. The van der Waals surface area contributed by atoms with Gasteiger partial charge < -0.3 is 5.32 Å². The van der Waals surface area contributed by atoms with Crippen LogP contribution in [0.5, 0.6) is 0 Å². The van der Waals surface area contributed by atoms with E-state index in [9.17, 15) is 49.1 Å². The minimum absolute atomic E-state index is 0.00955. The number of nitrogens with zero attached hydrogens (tertiary/aromatic N) is 2. The number of hydrogen-bond acceptors (Lipinski definition) is 3. The van der Waals surface area contributed by atoms with Crippen LogP contribution in [0.15, 0.2) is 18.2 Å². The average molecular weight is 487 g/mol. The number of aryl methyl sites for hydroxylation is 1. The Bertz CT molecular complexity index is 1100. The maximum atomic E-state index is 14.0. The summed E-state index contributed by atoms with van der Waals surface area (Å²) < 4.78 is 120. The number of Topliss-reactive ketones (excluding diaryl/α,β-unsaturated/α-hetero) is 1. The molecule has 1 amide bonds. The summed E-state index contributed by atoms with van der Waals surface area (Å²) in [5.41, 5.74) is -7.38. The lowest BCUT2D eigenvalue weighted by Gasteiger charge is -2.19. The van der Waals surface area contributed by atoms with Gasteiger partial charge in [0.15, 0.2) is 11.5 Å². The van der Waals surface area contributed by atoms with Crippen LogP contribution in [0, 0.1) is 5.82 Å². The Morgan fingerprint density at radius 1 is 1.09 bits per heavy atom. The van der Waals surface area contributed by atoms with Crippen LogP contribution in [0.1, 0.15) is 50.5 Å². The number of aromatic nitrogens is 2. The summed E-state index contributed by atoms with van der Waals surface area (Å²) in [5.74, 6) is -9.31. The second-order valence-corrected chi connectivity index (χ2v) is 7.43. The summed E-state index contributed by atoms with van der Waals surface area (Å²) in [6, 6.07) is 2.48. The van der Waals surface area contributed by atoms with Gasteiger partial charge in [0.1, 0.15) is 17.1 Å². The molecule has 3 rings (SSSR count). The standard InChI is InChI=1S/C19H14F9N3O2/c1-31-14(13(18(23,24)25)15(30-31)17(21,22)19(26,27)28)12(32)7-8-2-5-11(20)10(6-8)16(33)29-9-3-4-9/h2,5-6,9H,3-4,7H2,1H3,(H,29,33). The van der Waals surface area contributed by atoms with Crippen molar-refractivity contribution < 1.29 is 49.1 Å². The van der Waals surface area contributed by atoms with Crippen molar-refractivity contribution in [3.05, 3.63) is 52.1 Å². The second-order valence-electron chi connectivity index (χ2n) is 7.43. The topological polar surface area (TPSA) is 64.0 Å². The van der Waals surface area contributed by atoms with E-state index in [0.29, 0.717) is 19.9 Å². The van der Waals surface area contributed by atoms with Crippen molar-refractivity contribution in [3.8, 4) is 0 Å². The molecule has 1 saturated carbocycles. The SMILES string of the molecule is Cn1nc(C(F)(F)C(F)(F)F)c(C(F)(F)F)c1C(=O)Cc1ccc(F)c(C(=O)NC2CC2)c1. The van der Waals surface area contributed by atoms with Gasteiger partial charge in [0.2, 0.25) is 0 Å². The maximum absolute atomic E-state index is 14.0. The van der Waals surface area contributed by atoms with Crippen molar-refractivity contribution in [1.29, 1.82) is 0 Å². The lowest BCUT2D eigenvalue weighted by Crippen LogP contribution is -2.36. The zero-order valence-electron chi connectivity index (χ0n) is 16.5. The Morgan fingerprint density at radius 3 is 2.21 bits per heavy atom. The molecule has 1 aromatic heterocycles. The third kappa shape index (κ3) is 4.83. The van der Waals surface area contributed by atoms with E-state index in [-0.39, 0.29) is 16.3 Å². The highest BCUT2D eigenvalue weighted by atomic mass is 19.4. The first-order valence-electron chi connectivity index (χ1n) is 9.25. The van der Waals surface area contributed by atoms with Crippen molar-refractivity contribution in [2.24, 2.45) is 7.05 Å². The Labute approximate surface area is 179 Å². The molecule has 1 N–H and O–H groups in total. The normalized spacial score (nSPS) is 15.0. The van der Waals surface area contributed by atoms with Gasteiger partial charge in [0, 0.05) is 19.5 Å². The molecule has 14 heteroatoms. The van der Waals surface area contributed by atoms with Crippen LogP contribution in [-0.4, -0.2) is 33.7 Å². The number of nitrogens with one attached hydrogen (secondary N) is 1. The minimum atomic E-state index is -6.40. The Kier molecular flexibility index (Phi) is 6.00. The van der Waals surface area contributed by atoms with Gasteiger partial charge in [-0.25, -0.2) is 4.39 Å². The van der Waals surface area contributed by atoms with Gasteiger partial charge in [-0.15, -0.1) is 0 Å². The molecule has 1 aliphatic rings. The molecule has 2 aromatic rings. The first-order valence-corrected chi connectivity index (χ1v) is 9.25. The largest absolute Gasteiger partial charge is 0.459 e. The minimum Gasteiger partial charge on any atom is -0.349 e. The molecule has 33 heavy (non-hydrogen) atoms. The van der Waals surface area contributed by atoms with E-state index in [4.69, 9.17) is 0 Å². The number of hydrogen-bond donors (Lipinski definition) is 1. The fourth-order valence-electron chi connectivity index (χ4n) is 3.08. The van der Waals surface area contributed by atoms with Crippen molar-refractivity contribution >= 4 is 11.7 Å². The molecule has 0 spiro atoms. The monoisotopic (exact) mass is 487 g/mol. The highest BCUT2D eigenvalue weighted by molar-refractivity contribution is 5.99. The van der Waals surface area contributed by atoms with Crippen LogP contribution >= 0.6 is 0 Å². The number of carbonyl (C=O) groups is 2. The van der Waals surface area contributed by atoms with Crippen molar-refractivity contribution in [2.45, 2.75) is 43.6 Å². The molecule has 1 aliphatic carbocycles. The van der Waals surface area contributed by atoms with E-state index in [1.165, 1.54) is 0 Å². The molecular formula is C19H14F9N3O2. The summed E-state index contributed by atoms with van der Waals surface area (Å²) >= 11 is 0. The zero-order valence-corrected chi connectivity index (χ0v) is 16.5. The fourth-order valence-corrected chi connectivity index (χ4v) is 3.08. The van der Waals surface area contributed by atoms with Gasteiger partial charge in [-0.1, -0.05) is 6.07 Å². The quantitative estimate of drug-likeness (QED) is 0.481. The van der Waals surface area contributed by atoms with E-state index >= 15 is 0 Å². The molecule has 0 aliphatic heterocycles. The van der Waals surface area contributed by atoms with Gasteiger partial charge in [-0.05, 0) is 30.5 Å². The highest BCUT2D eigenvalue weighted by Gasteiger charge is 2.64. The molecule has 0 saturated heterocycles. The van der Waals surface area contributed by atoms with Gasteiger partial charge in [-0.3, -0.25) is 14.3 Å². The predicted molar refractivity (Wildman–Crippen MR) is 93.1 cm³/mol. The molecule has 1 heterocycles. The smallest absolute Gasteiger partial charge is 0.349 e. The lowest BCUT2D eigenvalue weighted by atomic mass is 9.99. The molecular weight excluding hydrogens is 473 g/mol. The Hall–Kier alpha value is -3.06.